The van der Waals surface area contributed by atoms with Crippen LogP contribution in [0, 0.1) is 0 Å². The van der Waals surface area contributed by atoms with Crippen molar-refractivity contribution in [2.75, 3.05) is 11.5 Å². The quantitative estimate of drug-likeness (QED) is 0.803. The van der Waals surface area contributed by atoms with Crippen LogP contribution in [-0.2, 0) is 22.3 Å². The van der Waals surface area contributed by atoms with E-state index in [0.29, 0.717) is 6.04 Å². The van der Waals surface area contributed by atoms with Gasteiger partial charge in [-0.1, -0.05) is 24.3 Å². The third kappa shape index (κ3) is 4.98. The number of hydrogen-bond donors (Lipinski definition) is 2. The van der Waals surface area contributed by atoms with Gasteiger partial charge in [-0.2, -0.15) is 11.8 Å². The lowest BCUT2D eigenvalue weighted by molar-refractivity contribution is 0.562. The summed E-state index contributed by atoms with van der Waals surface area (Å²) in [6.45, 7) is 0.825. The molecule has 1 heterocycles. The van der Waals surface area contributed by atoms with E-state index in [2.05, 4.69) is 10.0 Å². The van der Waals surface area contributed by atoms with E-state index in [1.807, 2.05) is 36.0 Å². The zero-order chi connectivity index (χ0) is 14.7. The largest absolute Gasteiger partial charge is 0.310 e. The van der Waals surface area contributed by atoms with Crippen molar-refractivity contribution < 1.29 is 8.42 Å². The highest BCUT2D eigenvalue weighted by Crippen LogP contribution is 2.20. The standard InChI is InChI=1S/C15H22N2O2S2/c18-21(19,17-15-6-7-20-10-15)11-13-3-1-2-12(8-13)9-16-14-4-5-14/h1-3,8,14-17H,4-7,9-11H2. The van der Waals surface area contributed by atoms with Gasteiger partial charge in [0.25, 0.3) is 0 Å². The molecule has 1 saturated carbocycles. The SMILES string of the molecule is O=S(=O)(Cc1cccc(CNC2CC2)c1)NC1CCSC1. The van der Waals surface area contributed by atoms with E-state index in [1.165, 1.54) is 12.8 Å². The molecule has 1 aromatic rings. The maximum absolute atomic E-state index is 12.2. The predicted octanol–water partition coefficient (Wildman–Crippen LogP) is 1.86. The number of sulfonamides is 1. The molecule has 0 radical (unpaired) electrons. The van der Waals surface area contributed by atoms with Gasteiger partial charge in [0.15, 0.2) is 0 Å². The molecule has 1 saturated heterocycles. The lowest BCUT2D eigenvalue weighted by Crippen LogP contribution is -2.35. The first-order valence-electron chi connectivity index (χ1n) is 7.50. The summed E-state index contributed by atoms with van der Waals surface area (Å²) in [4.78, 5) is 0. The summed E-state index contributed by atoms with van der Waals surface area (Å²) in [5.41, 5.74) is 2.02. The molecule has 1 aliphatic carbocycles. The molecule has 1 aliphatic heterocycles. The van der Waals surface area contributed by atoms with Crippen molar-refractivity contribution in [3.05, 3.63) is 35.4 Å². The predicted molar refractivity (Wildman–Crippen MR) is 87.8 cm³/mol. The average molecular weight is 326 g/mol. The summed E-state index contributed by atoms with van der Waals surface area (Å²) < 4.78 is 27.2. The van der Waals surface area contributed by atoms with E-state index in [0.717, 1.165) is 35.6 Å². The summed E-state index contributed by atoms with van der Waals surface area (Å²) in [6, 6.07) is 8.66. The second-order valence-electron chi connectivity index (χ2n) is 5.91. The summed E-state index contributed by atoms with van der Waals surface area (Å²) in [7, 11) is -3.24. The van der Waals surface area contributed by atoms with Crippen LogP contribution in [0.4, 0.5) is 0 Å². The smallest absolute Gasteiger partial charge is 0.216 e. The first-order chi connectivity index (χ1) is 10.1. The van der Waals surface area contributed by atoms with Crippen LogP contribution in [0.3, 0.4) is 0 Å². The van der Waals surface area contributed by atoms with Gasteiger partial charge in [-0.25, -0.2) is 13.1 Å². The van der Waals surface area contributed by atoms with Crippen molar-refractivity contribution in [2.24, 2.45) is 0 Å². The van der Waals surface area contributed by atoms with Gasteiger partial charge in [-0.05, 0) is 36.1 Å². The number of hydrogen-bond acceptors (Lipinski definition) is 4. The lowest BCUT2D eigenvalue weighted by atomic mass is 10.1. The van der Waals surface area contributed by atoms with Crippen LogP contribution in [0.25, 0.3) is 0 Å². The molecule has 21 heavy (non-hydrogen) atoms. The van der Waals surface area contributed by atoms with Gasteiger partial charge in [0.1, 0.15) is 0 Å². The van der Waals surface area contributed by atoms with Crippen LogP contribution in [0.15, 0.2) is 24.3 Å². The van der Waals surface area contributed by atoms with Crippen LogP contribution in [0.2, 0.25) is 0 Å². The van der Waals surface area contributed by atoms with Crippen molar-refractivity contribution in [2.45, 2.75) is 43.6 Å². The Kier molecular flexibility index (Phi) is 4.88. The zero-order valence-electron chi connectivity index (χ0n) is 12.0. The number of benzene rings is 1. The molecule has 116 valence electrons. The van der Waals surface area contributed by atoms with E-state index in [-0.39, 0.29) is 11.8 Å². The first kappa shape index (κ1) is 15.3. The van der Waals surface area contributed by atoms with E-state index in [9.17, 15) is 8.42 Å². The maximum atomic E-state index is 12.2. The minimum atomic E-state index is -3.24. The Balaban J connectivity index is 1.58. The molecule has 3 rings (SSSR count). The monoisotopic (exact) mass is 326 g/mol. The Hall–Kier alpha value is -0.560. The number of rotatable bonds is 7. The minimum absolute atomic E-state index is 0.0748. The van der Waals surface area contributed by atoms with E-state index < -0.39 is 10.0 Å². The van der Waals surface area contributed by atoms with Gasteiger partial charge in [-0.3, -0.25) is 0 Å². The molecule has 0 spiro atoms. The van der Waals surface area contributed by atoms with Crippen LogP contribution < -0.4 is 10.0 Å². The highest BCUT2D eigenvalue weighted by atomic mass is 32.2. The maximum Gasteiger partial charge on any atom is 0.216 e. The molecular formula is C15H22N2O2S2. The van der Waals surface area contributed by atoms with Crippen molar-refractivity contribution >= 4 is 21.8 Å². The van der Waals surface area contributed by atoms with E-state index in [1.54, 1.807) is 0 Å². The van der Waals surface area contributed by atoms with Crippen LogP contribution in [0.1, 0.15) is 30.4 Å². The van der Waals surface area contributed by atoms with E-state index in [4.69, 9.17) is 0 Å². The molecule has 0 amide bonds. The molecule has 2 fully saturated rings. The highest BCUT2D eigenvalue weighted by molar-refractivity contribution is 7.99. The van der Waals surface area contributed by atoms with E-state index >= 15 is 0 Å². The van der Waals surface area contributed by atoms with Crippen molar-refractivity contribution in [1.29, 1.82) is 0 Å². The molecule has 1 unspecified atom stereocenters. The molecule has 0 aromatic heterocycles. The summed E-state index contributed by atoms with van der Waals surface area (Å²) in [6.07, 6.45) is 3.46. The summed E-state index contributed by atoms with van der Waals surface area (Å²) in [5.74, 6) is 2.02. The fourth-order valence-corrected chi connectivity index (χ4v) is 5.19. The third-order valence-corrected chi connectivity index (χ3v) is 6.36. The van der Waals surface area contributed by atoms with Crippen molar-refractivity contribution in [1.82, 2.24) is 10.0 Å². The van der Waals surface area contributed by atoms with Crippen LogP contribution in [0.5, 0.6) is 0 Å². The van der Waals surface area contributed by atoms with Gasteiger partial charge in [0.05, 0.1) is 5.75 Å². The van der Waals surface area contributed by atoms with Gasteiger partial charge in [-0.15, -0.1) is 0 Å². The van der Waals surface area contributed by atoms with Crippen LogP contribution >= 0.6 is 11.8 Å². The number of nitrogens with one attached hydrogen (secondary N) is 2. The summed E-state index contributed by atoms with van der Waals surface area (Å²) >= 11 is 1.81. The summed E-state index contributed by atoms with van der Waals surface area (Å²) in [5, 5.41) is 3.45. The average Bonchev–Trinajstić information content (AvgIpc) is 3.13. The Labute approximate surface area is 131 Å². The van der Waals surface area contributed by atoms with Gasteiger partial charge in [0.2, 0.25) is 10.0 Å². The Morgan fingerprint density at radius 3 is 2.67 bits per heavy atom. The lowest BCUT2D eigenvalue weighted by Gasteiger charge is -2.12. The Morgan fingerprint density at radius 1 is 1.14 bits per heavy atom. The van der Waals surface area contributed by atoms with Crippen molar-refractivity contribution in [3.8, 4) is 0 Å². The third-order valence-electron chi connectivity index (χ3n) is 3.80. The van der Waals surface area contributed by atoms with Gasteiger partial charge in [0, 0.05) is 24.4 Å². The first-order valence-corrected chi connectivity index (χ1v) is 10.3. The zero-order valence-corrected chi connectivity index (χ0v) is 13.7. The molecule has 4 nitrogen and oxygen atoms in total. The molecular weight excluding hydrogens is 304 g/mol. The highest BCUT2D eigenvalue weighted by Gasteiger charge is 2.22. The van der Waals surface area contributed by atoms with Gasteiger partial charge < -0.3 is 5.32 Å². The second-order valence-corrected chi connectivity index (χ2v) is 8.82. The molecule has 2 aliphatic rings. The second kappa shape index (κ2) is 6.69. The fraction of sp³-hybridized carbons (Fsp3) is 0.600. The Bertz CT molecular complexity index is 579. The topological polar surface area (TPSA) is 58.2 Å². The van der Waals surface area contributed by atoms with Crippen molar-refractivity contribution in [3.63, 3.8) is 0 Å². The van der Waals surface area contributed by atoms with Gasteiger partial charge >= 0.3 is 0 Å². The fourth-order valence-electron chi connectivity index (χ4n) is 2.52. The van der Waals surface area contributed by atoms with Crippen LogP contribution in [-0.4, -0.2) is 32.0 Å². The molecule has 0 bridgehead atoms. The molecule has 1 atom stereocenters. The molecule has 2 N–H and O–H groups in total. The Morgan fingerprint density at radius 2 is 1.95 bits per heavy atom. The minimum Gasteiger partial charge on any atom is -0.310 e. The number of thioether (sulfide) groups is 1. The molecule has 6 heteroatoms. The molecule has 1 aromatic carbocycles. The normalized spacial score (nSPS) is 22.6.